The third-order valence-corrected chi connectivity index (χ3v) is 3.54. The van der Waals surface area contributed by atoms with Gasteiger partial charge in [0, 0.05) is 4.47 Å². The number of tetrazole rings is 1. The fraction of sp³-hybridized carbons (Fsp3) is 0.300. The van der Waals surface area contributed by atoms with Crippen molar-refractivity contribution in [2.24, 2.45) is 0 Å². The number of aromatic nitrogens is 4. The van der Waals surface area contributed by atoms with Crippen LogP contribution in [0.4, 0.5) is 0 Å². The minimum absolute atomic E-state index is 0.0178. The molecule has 0 saturated carbocycles. The molecule has 0 aliphatic heterocycles. The number of hydrogen-bond acceptors (Lipinski definition) is 4. The van der Waals surface area contributed by atoms with Crippen molar-refractivity contribution in [3.8, 4) is 5.69 Å². The minimum Gasteiger partial charge on any atom is -0.311 e. The van der Waals surface area contributed by atoms with Crippen LogP contribution in [0.2, 0.25) is 10.0 Å². The Kier molecular flexibility index (Phi) is 4.21. The van der Waals surface area contributed by atoms with E-state index in [9.17, 15) is 0 Å². The first-order valence-electron chi connectivity index (χ1n) is 5.15. The van der Waals surface area contributed by atoms with Gasteiger partial charge in [-0.05, 0) is 36.5 Å². The van der Waals surface area contributed by atoms with Crippen LogP contribution in [-0.4, -0.2) is 27.3 Å². The Morgan fingerprint density at radius 1 is 1.33 bits per heavy atom. The highest BCUT2D eigenvalue weighted by Crippen LogP contribution is 2.32. The molecule has 1 unspecified atom stereocenters. The smallest absolute Gasteiger partial charge is 0.173 e. The van der Waals surface area contributed by atoms with Gasteiger partial charge in [-0.3, -0.25) is 0 Å². The van der Waals surface area contributed by atoms with E-state index in [1.165, 1.54) is 4.68 Å². The van der Waals surface area contributed by atoms with Crippen LogP contribution in [-0.2, 0) is 0 Å². The van der Waals surface area contributed by atoms with Crippen molar-refractivity contribution < 1.29 is 0 Å². The maximum absolute atomic E-state index is 6.19. The van der Waals surface area contributed by atoms with E-state index in [-0.39, 0.29) is 6.04 Å². The summed E-state index contributed by atoms with van der Waals surface area (Å²) in [5.41, 5.74) is 0.573. The first-order valence-corrected chi connectivity index (χ1v) is 6.70. The lowest BCUT2D eigenvalue weighted by molar-refractivity contribution is 0.589. The topological polar surface area (TPSA) is 55.6 Å². The second kappa shape index (κ2) is 5.52. The maximum Gasteiger partial charge on any atom is 0.173 e. The zero-order chi connectivity index (χ0) is 13.3. The Bertz CT molecular complexity index is 548. The standard InChI is InChI=1S/C10H10BrCl2N5/c1-5(14-2)10-15-16-17-18(10)9-7(12)3-6(11)4-8(9)13/h3-5,14H,1-2H3. The van der Waals surface area contributed by atoms with Gasteiger partial charge in [-0.25, -0.2) is 0 Å². The van der Waals surface area contributed by atoms with Crippen LogP contribution >= 0.6 is 39.1 Å². The molecule has 5 nitrogen and oxygen atoms in total. The van der Waals surface area contributed by atoms with Gasteiger partial charge in [-0.2, -0.15) is 4.68 Å². The molecule has 96 valence electrons. The predicted molar refractivity (Wildman–Crippen MR) is 74.3 cm³/mol. The second-order valence-electron chi connectivity index (χ2n) is 3.68. The van der Waals surface area contributed by atoms with Gasteiger partial charge in [0.05, 0.1) is 16.1 Å². The molecule has 1 N–H and O–H groups in total. The van der Waals surface area contributed by atoms with E-state index in [0.29, 0.717) is 21.6 Å². The van der Waals surface area contributed by atoms with E-state index >= 15 is 0 Å². The van der Waals surface area contributed by atoms with Crippen LogP contribution in [0, 0.1) is 0 Å². The molecule has 8 heteroatoms. The summed E-state index contributed by atoms with van der Waals surface area (Å²) in [7, 11) is 1.83. The fourth-order valence-electron chi connectivity index (χ4n) is 1.49. The molecule has 0 bridgehead atoms. The molecule has 0 fully saturated rings. The summed E-state index contributed by atoms with van der Waals surface area (Å²) < 4.78 is 2.34. The zero-order valence-electron chi connectivity index (χ0n) is 9.65. The molecule has 0 amide bonds. The minimum atomic E-state index is -0.0178. The highest BCUT2D eigenvalue weighted by molar-refractivity contribution is 9.10. The first-order chi connectivity index (χ1) is 8.54. The quantitative estimate of drug-likeness (QED) is 0.924. The van der Waals surface area contributed by atoms with Gasteiger partial charge >= 0.3 is 0 Å². The van der Waals surface area contributed by atoms with Gasteiger partial charge in [0.25, 0.3) is 0 Å². The van der Waals surface area contributed by atoms with Crippen LogP contribution < -0.4 is 5.32 Å². The normalized spacial score (nSPS) is 12.7. The molecule has 1 aromatic heterocycles. The SMILES string of the molecule is CNC(C)c1nnnn1-c1c(Cl)cc(Br)cc1Cl. The Balaban J connectivity index is 2.59. The van der Waals surface area contributed by atoms with E-state index < -0.39 is 0 Å². The average Bonchev–Trinajstić information content (AvgIpc) is 2.75. The predicted octanol–water partition coefficient (Wildman–Crippen LogP) is 3.01. The lowest BCUT2D eigenvalue weighted by atomic mass is 10.3. The van der Waals surface area contributed by atoms with Crippen LogP contribution in [0.1, 0.15) is 18.8 Å². The van der Waals surface area contributed by atoms with E-state index in [1.807, 2.05) is 14.0 Å². The third-order valence-electron chi connectivity index (χ3n) is 2.51. The summed E-state index contributed by atoms with van der Waals surface area (Å²) in [6.07, 6.45) is 0. The maximum atomic E-state index is 6.19. The van der Waals surface area contributed by atoms with Crippen LogP contribution in [0.25, 0.3) is 5.69 Å². The van der Waals surface area contributed by atoms with Crippen LogP contribution in [0.15, 0.2) is 16.6 Å². The van der Waals surface area contributed by atoms with Crippen molar-refractivity contribution in [1.29, 1.82) is 0 Å². The van der Waals surface area contributed by atoms with Gasteiger partial charge in [-0.1, -0.05) is 39.1 Å². The average molecular weight is 351 g/mol. The number of rotatable bonds is 3. The largest absolute Gasteiger partial charge is 0.311 e. The second-order valence-corrected chi connectivity index (χ2v) is 5.41. The summed E-state index contributed by atoms with van der Waals surface area (Å²) in [4.78, 5) is 0. The summed E-state index contributed by atoms with van der Waals surface area (Å²) in [6.45, 7) is 1.95. The monoisotopic (exact) mass is 349 g/mol. The van der Waals surface area contributed by atoms with E-state index in [2.05, 4.69) is 36.8 Å². The lowest BCUT2D eigenvalue weighted by Gasteiger charge is -2.12. The molecular formula is C10H10BrCl2N5. The number of nitrogens with zero attached hydrogens (tertiary/aromatic N) is 4. The molecule has 1 heterocycles. The van der Waals surface area contributed by atoms with Gasteiger partial charge in [0.15, 0.2) is 5.82 Å². The van der Waals surface area contributed by atoms with Gasteiger partial charge in [0.2, 0.25) is 0 Å². The number of hydrogen-bond donors (Lipinski definition) is 1. The molecule has 1 atom stereocenters. The van der Waals surface area contributed by atoms with E-state index in [0.717, 1.165) is 4.47 Å². The summed E-state index contributed by atoms with van der Waals surface area (Å²) in [5, 5.41) is 15.6. The van der Waals surface area contributed by atoms with E-state index in [1.54, 1.807) is 12.1 Å². The zero-order valence-corrected chi connectivity index (χ0v) is 12.8. The van der Waals surface area contributed by atoms with Crippen molar-refractivity contribution in [1.82, 2.24) is 25.5 Å². The number of nitrogens with one attached hydrogen (secondary N) is 1. The van der Waals surface area contributed by atoms with Crippen LogP contribution in [0.3, 0.4) is 0 Å². The molecule has 2 aromatic rings. The van der Waals surface area contributed by atoms with Crippen molar-refractivity contribution >= 4 is 39.1 Å². The first kappa shape index (κ1) is 13.7. The van der Waals surface area contributed by atoms with Gasteiger partial charge in [-0.15, -0.1) is 5.10 Å². The summed E-state index contributed by atoms with van der Waals surface area (Å²) >= 11 is 15.7. The Morgan fingerprint density at radius 3 is 2.50 bits per heavy atom. The van der Waals surface area contributed by atoms with Gasteiger partial charge < -0.3 is 5.32 Å². The molecule has 0 saturated heterocycles. The number of halogens is 3. The summed E-state index contributed by atoms with van der Waals surface area (Å²) in [6, 6.07) is 3.48. The molecule has 2 rings (SSSR count). The van der Waals surface area contributed by atoms with E-state index in [4.69, 9.17) is 23.2 Å². The highest BCUT2D eigenvalue weighted by Gasteiger charge is 2.18. The fourth-order valence-corrected chi connectivity index (χ4v) is 2.86. The molecule has 0 radical (unpaired) electrons. The molecule has 1 aromatic carbocycles. The Hall–Kier alpha value is -0.690. The lowest BCUT2D eigenvalue weighted by Crippen LogP contribution is -2.18. The molecule has 18 heavy (non-hydrogen) atoms. The van der Waals surface area contributed by atoms with Gasteiger partial charge in [0.1, 0.15) is 5.69 Å². The molecule has 0 aliphatic carbocycles. The van der Waals surface area contributed by atoms with Crippen LogP contribution in [0.5, 0.6) is 0 Å². The Morgan fingerprint density at radius 2 is 1.94 bits per heavy atom. The number of benzene rings is 1. The van der Waals surface area contributed by atoms with Crippen molar-refractivity contribution in [3.05, 3.63) is 32.5 Å². The Labute approximate surface area is 123 Å². The van der Waals surface area contributed by atoms with Crippen molar-refractivity contribution in [3.63, 3.8) is 0 Å². The third kappa shape index (κ3) is 2.51. The van der Waals surface area contributed by atoms with Crippen molar-refractivity contribution in [2.75, 3.05) is 7.05 Å². The summed E-state index contributed by atoms with van der Waals surface area (Å²) in [5.74, 6) is 0.642. The van der Waals surface area contributed by atoms with Crippen molar-refractivity contribution in [2.45, 2.75) is 13.0 Å². The molecule has 0 spiro atoms. The molecular weight excluding hydrogens is 341 g/mol. The molecule has 0 aliphatic rings. The highest BCUT2D eigenvalue weighted by atomic mass is 79.9.